The van der Waals surface area contributed by atoms with Crippen LogP contribution in [0, 0.1) is 0 Å². The number of benzene rings is 2. The second kappa shape index (κ2) is 6.44. The lowest BCUT2D eigenvalue weighted by Gasteiger charge is -2.35. The molecule has 1 aliphatic rings. The van der Waals surface area contributed by atoms with Crippen LogP contribution in [0.25, 0.3) is 11.1 Å². The van der Waals surface area contributed by atoms with Crippen molar-refractivity contribution in [1.29, 1.82) is 0 Å². The summed E-state index contributed by atoms with van der Waals surface area (Å²) in [6.07, 6.45) is 4.51. The summed E-state index contributed by atoms with van der Waals surface area (Å²) in [4.78, 5) is 11.3. The molecule has 1 aliphatic carbocycles. The Morgan fingerprint density at radius 2 is 1.77 bits per heavy atom. The highest BCUT2D eigenvalue weighted by atomic mass is 32.2. The number of carbonyl (C=O) groups excluding carboxylic acids is 1. The van der Waals surface area contributed by atoms with Crippen LogP contribution < -0.4 is 5.32 Å². The van der Waals surface area contributed by atoms with E-state index in [2.05, 4.69) is 29.6 Å². The molecule has 0 saturated heterocycles. The molecule has 1 atom stereocenters. The highest BCUT2D eigenvalue weighted by Gasteiger charge is 2.29. The Kier molecular flexibility index (Phi) is 4.39. The molecule has 0 aliphatic heterocycles. The van der Waals surface area contributed by atoms with Gasteiger partial charge < -0.3 is 5.32 Å². The zero-order valence-corrected chi connectivity index (χ0v) is 13.3. The number of hydrogen-bond donors (Lipinski definition) is 1. The molecule has 0 aromatic heterocycles. The summed E-state index contributed by atoms with van der Waals surface area (Å²) >= 11 is 0. The van der Waals surface area contributed by atoms with Crippen molar-refractivity contribution in [2.45, 2.75) is 29.7 Å². The Bertz CT molecular complexity index is 690. The van der Waals surface area contributed by atoms with Gasteiger partial charge in [-0.25, -0.2) is 0 Å². The molecule has 4 heteroatoms. The lowest BCUT2D eigenvalue weighted by molar-refractivity contribution is -0.110. The molecule has 1 unspecified atom stereocenters. The van der Waals surface area contributed by atoms with Crippen molar-refractivity contribution in [1.82, 2.24) is 5.32 Å². The summed E-state index contributed by atoms with van der Waals surface area (Å²) in [5.41, 5.74) is 3.43. The molecule has 1 amide bonds. The first-order valence-electron chi connectivity index (χ1n) is 7.41. The van der Waals surface area contributed by atoms with Crippen molar-refractivity contribution in [2.24, 2.45) is 0 Å². The van der Waals surface area contributed by atoms with E-state index in [1.807, 2.05) is 24.3 Å². The number of amides is 1. The van der Waals surface area contributed by atoms with E-state index in [9.17, 15) is 9.00 Å². The van der Waals surface area contributed by atoms with Gasteiger partial charge in [-0.1, -0.05) is 42.5 Å². The van der Waals surface area contributed by atoms with Crippen LogP contribution in [0.15, 0.2) is 53.4 Å². The Labute approximate surface area is 133 Å². The third-order valence-electron chi connectivity index (χ3n) is 4.33. The van der Waals surface area contributed by atoms with Gasteiger partial charge in [0.1, 0.15) is 0 Å². The number of rotatable bonds is 5. The molecule has 1 fully saturated rings. The zero-order valence-electron chi connectivity index (χ0n) is 12.5. The van der Waals surface area contributed by atoms with Crippen LogP contribution in [0.3, 0.4) is 0 Å². The van der Waals surface area contributed by atoms with Gasteiger partial charge in [-0.15, -0.1) is 0 Å². The second-order valence-corrected chi connectivity index (χ2v) is 7.07. The van der Waals surface area contributed by atoms with Crippen LogP contribution in [0.1, 0.15) is 24.3 Å². The molecule has 0 spiro atoms. The van der Waals surface area contributed by atoms with Crippen LogP contribution in [0.2, 0.25) is 0 Å². The van der Waals surface area contributed by atoms with Crippen LogP contribution in [0.4, 0.5) is 0 Å². The molecule has 114 valence electrons. The van der Waals surface area contributed by atoms with Crippen molar-refractivity contribution in [2.75, 3.05) is 6.26 Å². The molecule has 0 bridgehead atoms. The average molecular weight is 313 g/mol. The maximum absolute atomic E-state index is 11.8. The van der Waals surface area contributed by atoms with E-state index in [0.29, 0.717) is 12.0 Å². The lowest BCUT2D eigenvalue weighted by atomic mass is 9.76. The average Bonchev–Trinajstić information content (AvgIpc) is 2.51. The molecule has 3 rings (SSSR count). The third-order valence-corrected chi connectivity index (χ3v) is 5.31. The van der Waals surface area contributed by atoms with Gasteiger partial charge in [0.15, 0.2) is 0 Å². The van der Waals surface area contributed by atoms with Crippen LogP contribution in [0.5, 0.6) is 0 Å². The molecule has 3 nitrogen and oxygen atoms in total. The summed E-state index contributed by atoms with van der Waals surface area (Å²) in [6, 6.07) is 16.6. The third kappa shape index (κ3) is 2.97. The maximum Gasteiger partial charge on any atom is 0.207 e. The second-order valence-electron chi connectivity index (χ2n) is 5.72. The predicted molar refractivity (Wildman–Crippen MR) is 89.2 cm³/mol. The Hall–Kier alpha value is -1.94. The van der Waals surface area contributed by atoms with Gasteiger partial charge in [0.2, 0.25) is 6.41 Å². The molecular weight excluding hydrogens is 294 g/mol. The highest BCUT2D eigenvalue weighted by molar-refractivity contribution is 7.84. The summed E-state index contributed by atoms with van der Waals surface area (Å²) in [7, 11) is -0.994. The van der Waals surface area contributed by atoms with E-state index >= 15 is 0 Å². The Morgan fingerprint density at radius 1 is 1.09 bits per heavy atom. The maximum atomic E-state index is 11.8. The molecule has 1 saturated carbocycles. The van der Waals surface area contributed by atoms with Gasteiger partial charge in [0, 0.05) is 17.2 Å². The van der Waals surface area contributed by atoms with E-state index < -0.39 is 10.8 Å². The molecule has 0 radical (unpaired) electrons. The van der Waals surface area contributed by atoms with Crippen molar-refractivity contribution < 1.29 is 9.00 Å². The molecule has 2 aromatic carbocycles. The summed E-state index contributed by atoms with van der Waals surface area (Å²) in [6.45, 7) is 0. The summed E-state index contributed by atoms with van der Waals surface area (Å²) in [5, 5.41) is 2.82. The van der Waals surface area contributed by atoms with Crippen molar-refractivity contribution >= 4 is 17.2 Å². The van der Waals surface area contributed by atoms with E-state index in [-0.39, 0.29) is 0 Å². The molecule has 2 aromatic rings. The number of hydrogen-bond acceptors (Lipinski definition) is 2. The van der Waals surface area contributed by atoms with E-state index in [4.69, 9.17) is 0 Å². The fourth-order valence-electron chi connectivity index (χ4n) is 3.01. The van der Waals surface area contributed by atoms with Gasteiger partial charge in [-0.2, -0.15) is 0 Å². The fraction of sp³-hybridized carbons (Fsp3) is 0.278. The van der Waals surface area contributed by atoms with Crippen LogP contribution >= 0.6 is 0 Å². The first-order valence-corrected chi connectivity index (χ1v) is 8.97. The van der Waals surface area contributed by atoms with Crippen molar-refractivity contribution in [3.8, 4) is 11.1 Å². The summed E-state index contributed by atoms with van der Waals surface area (Å²) in [5.74, 6) is 0.530. The standard InChI is InChI=1S/C18H19NO2S/c1-22(21)18-5-3-2-4-17(18)14-8-6-13(7-9-14)15-10-16(11-15)19-12-20/h2-9,12,15-16H,10-11H2,1H3,(H,19,20). The molecule has 0 heterocycles. The van der Waals surface area contributed by atoms with Gasteiger partial charge in [-0.3, -0.25) is 9.00 Å². The SMILES string of the molecule is CS(=O)c1ccccc1-c1ccc(C2CC(NC=O)C2)cc1. The minimum absolute atomic E-state index is 0.324. The van der Waals surface area contributed by atoms with Crippen LogP contribution in [-0.4, -0.2) is 22.9 Å². The van der Waals surface area contributed by atoms with Gasteiger partial charge >= 0.3 is 0 Å². The molecular formula is C18H19NO2S. The van der Waals surface area contributed by atoms with Gasteiger partial charge in [0.25, 0.3) is 0 Å². The molecule has 1 N–H and O–H groups in total. The number of carbonyl (C=O) groups is 1. The number of nitrogens with one attached hydrogen (secondary N) is 1. The fourth-order valence-corrected chi connectivity index (χ4v) is 3.78. The van der Waals surface area contributed by atoms with E-state index in [1.165, 1.54) is 5.56 Å². The van der Waals surface area contributed by atoms with E-state index in [1.54, 1.807) is 6.26 Å². The van der Waals surface area contributed by atoms with Crippen molar-refractivity contribution in [3.63, 3.8) is 0 Å². The van der Waals surface area contributed by atoms with Crippen molar-refractivity contribution in [3.05, 3.63) is 54.1 Å². The monoisotopic (exact) mass is 313 g/mol. The summed E-state index contributed by atoms with van der Waals surface area (Å²) < 4.78 is 11.8. The first-order chi connectivity index (χ1) is 10.7. The normalized spacial score (nSPS) is 21.7. The first kappa shape index (κ1) is 15.0. The highest BCUT2D eigenvalue weighted by Crippen LogP contribution is 2.37. The van der Waals surface area contributed by atoms with Gasteiger partial charge in [0.05, 0.1) is 10.8 Å². The minimum Gasteiger partial charge on any atom is -0.356 e. The Morgan fingerprint density at radius 3 is 2.41 bits per heavy atom. The smallest absolute Gasteiger partial charge is 0.207 e. The zero-order chi connectivity index (χ0) is 15.5. The predicted octanol–water partition coefficient (Wildman–Crippen LogP) is 3.08. The molecule has 22 heavy (non-hydrogen) atoms. The largest absolute Gasteiger partial charge is 0.356 e. The Balaban J connectivity index is 1.78. The minimum atomic E-state index is -0.994. The quantitative estimate of drug-likeness (QED) is 0.862. The topological polar surface area (TPSA) is 46.2 Å². The lowest BCUT2D eigenvalue weighted by Crippen LogP contribution is -2.39. The van der Waals surface area contributed by atoms with E-state index in [0.717, 1.165) is 35.3 Å². The van der Waals surface area contributed by atoms with Crippen LogP contribution in [-0.2, 0) is 15.6 Å². The van der Waals surface area contributed by atoms with Gasteiger partial charge in [-0.05, 0) is 41.5 Å².